The van der Waals surface area contributed by atoms with E-state index in [9.17, 15) is 4.79 Å². The number of carbonyl (C=O) groups excluding carboxylic acids is 1. The van der Waals surface area contributed by atoms with E-state index in [-0.39, 0.29) is 5.92 Å². The molecule has 1 amide bonds. The molecule has 1 aliphatic carbocycles. The molecule has 1 aliphatic heterocycles. The minimum Gasteiger partial charge on any atom is -0.353 e. The summed E-state index contributed by atoms with van der Waals surface area (Å²) < 4.78 is 1.77. The summed E-state index contributed by atoms with van der Waals surface area (Å²) >= 11 is 0. The van der Waals surface area contributed by atoms with E-state index in [1.807, 2.05) is 17.9 Å². The van der Waals surface area contributed by atoms with E-state index in [1.54, 1.807) is 4.52 Å². The Kier molecular flexibility index (Phi) is 4.29. The molecule has 1 saturated carbocycles. The van der Waals surface area contributed by atoms with Crippen LogP contribution in [0.15, 0.2) is 12.4 Å². The number of aryl methyl sites for hydroxylation is 1. The normalized spacial score (nSPS) is 24.2. The smallest absolute Gasteiger partial charge is 0.254 e. The van der Waals surface area contributed by atoms with Gasteiger partial charge < -0.3 is 15.5 Å². The number of aromatic nitrogens is 4. The van der Waals surface area contributed by atoms with Crippen molar-refractivity contribution >= 4 is 17.5 Å². The fourth-order valence-corrected chi connectivity index (χ4v) is 4.17. The molecular weight excluding hydrogens is 318 g/mol. The number of anilines is 1. The quantitative estimate of drug-likeness (QED) is 0.870. The van der Waals surface area contributed by atoms with Gasteiger partial charge in [-0.1, -0.05) is 6.42 Å². The Morgan fingerprint density at radius 2 is 2.08 bits per heavy atom. The maximum Gasteiger partial charge on any atom is 0.254 e. The van der Waals surface area contributed by atoms with E-state index in [0.29, 0.717) is 24.1 Å². The van der Waals surface area contributed by atoms with Crippen LogP contribution in [0.25, 0.3) is 5.78 Å². The van der Waals surface area contributed by atoms with Crippen molar-refractivity contribution in [2.45, 2.75) is 26.2 Å². The van der Waals surface area contributed by atoms with Gasteiger partial charge in [-0.25, -0.2) is 4.98 Å². The largest absolute Gasteiger partial charge is 0.353 e. The Bertz CT molecular complexity index is 765. The van der Waals surface area contributed by atoms with E-state index in [4.69, 9.17) is 5.73 Å². The molecular formula is C17H25N7O. The molecule has 1 saturated heterocycles. The highest BCUT2D eigenvalue weighted by Gasteiger charge is 2.35. The summed E-state index contributed by atoms with van der Waals surface area (Å²) in [7, 11) is 0. The van der Waals surface area contributed by atoms with Gasteiger partial charge in [-0.2, -0.15) is 14.6 Å². The van der Waals surface area contributed by atoms with Gasteiger partial charge in [0.2, 0.25) is 5.91 Å². The Hall–Kier alpha value is -2.22. The molecule has 25 heavy (non-hydrogen) atoms. The van der Waals surface area contributed by atoms with Gasteiger partial charge in [0.05, 0.1) is 0 Å². The molecule has 134 valence electrons. The van der Waals surface area contributed by atoms with Gasteiger partial charge in [-0.3, -0.25) is 4.79 Å². The molecule has 0 radical (unpaired) electrons. The lowest BCUT2D eigenvalue weighted by atomic mass is 9.94. The van der Waals surface area contributed by atoms with Gasteiger partial charge >= 0.3 is 0 Å². The maximum absolute atomic E-state index is 12.9. The molecule has 4 rings (SSSR count). The SMILES string of the molecule is Cc1cc(N2CCN(C(=O)[C@@H]3CCC[C@@H]3CN)CC2)n2ncnc2n1. The van der Waals surface area contributed by atoms with Gasteiger partial charge in [0, 0.05) is 43.9 Å². The topological polar surface area (TPSA) is 92.7 Å². The zero-order valence-corrected chi connectivity index (χ0v) is 14.6. The number of carbonyl (C=O) groups is 1. The Labute approximate surface area is 147 Å². The van der Waals surface area contributed by atoms with Crippen LogP contribution in [0.1, 0.15) is 25.0 Å². The van der Waals surface area contributed by atoms with Crippen LogP contribution < -0.4 is 10.6 Å². The Morgan fingerprint density at radius 3 is 2.84 bits per heavy atom. The molecule has 2 N–H and O–H groups in total. The highest BCUT2D eigenvalue weighted by molar-refractivity contribution is 5.79. The van der Waals surface area contributed by atoms with Crippen molar-refractivity contribution < 1.29 is 4.79 Å². The highest BCUT2D eigenvalue weighted by atomic mass is 16.2. The van der Waals surface area contributed by atoms with E-state index in [2.05, 4.69) is 20.0 Å². The maximum atomic E-state index is 12.9. The number of piperazine rings is 1. The second kappa shape index (κ2) is 6.59. The molecule has 2 fully saturated rings. The predicted octanol–water partition coefficient (Wildman–Crippen LogP) is 0.456. The Morgan fingerprint density at radius 1 is 1.28 bits per heavy atom. The Balaban J connectivity index is 1.46. The van der Waals surface area contributed by atoms with Crippen LogP contribution in [0.3, 0.4) is 0 Å². The first-order valence-corrected chi connectivity index (χ1v) is 9.08. The van der Waals surface area contributed by atoms with Crippen LogP contribution >= 0.6 is 0 Å². The van der Waals surface area contributed by atoms with E-state index in [1.165, 1.54) is 6.33 Å². The number of hydrogen-bond acceptors (Lipinski definition) is 6. The zero-order chi connectivity index (χ0) is 17.4. The second-order valence-corrected chi connectivity index (χ2v) is 7.07. The zero-order valence-electron chi connectivity index (χ0n) is 14.6. The summed E-state index contributed by atoms with van der Waals surface area (Å²) in [6.07, 6.45) is 4.73. The van der Waals surface area contributed by atoms with Crippen LogP contribution in [-0.2, 0) is 4.79 Å². The molecule has 0 spiro atoms. The third kappa shape index (κ3) is 2.95. The third-order valence-electron chi connectivity index (χ3n) is 5.56. The fourth-order valence-electron chi connectivity index (χ4n) is 4.17. The van der Waals surface area contributed by atoms with Crippen molar-refractivity contribution in [3.63, 3.8) is 0 Å². The molecule has 0 aromatic carbocycles. The average molecular weight is 343 g/mol. The van der Waals surface area contributed by atoms with Crippen molar-refractivity contribution in [1.29, 1.82) is 0 Å². The lowest BCUT2D eigenvalue weighted by Gasteiger charge is -2.37. The van der Waals surface area contributed by atoms with Crippen molar-refractivity contribution in [3.05, 3.63) is 18.1 Å². The van der Waals surface area contributed by atoms with Crippen LogP contribution in [0.2, 0.25) is 0 Å². The summed E-state index contributed by atoms with van der Waals surface area (Å²) in [4.78, 5) is 25.7. The van der Waals surface area contributed by atoms with Gasteiger partial charge in [0.1, 0.15) is 12.1 Å². The van der Waals surface area contributed by atoms with E-state index in [0.717, 1.165) is 57.0 Å². The second-order valence-electron chi connectivity index (χ2n) is 7.07. The summed E-state index contributed by atoms with van der Waals surface area (Å²) in [6.45, 7) is 5.66. The molecule has 2 aliphatic rings. The summed E-state index contributed by atoms with van der Waals surface area (Å²) in [5.74, 6) is 2.40. The molecule has 2 atom stereocenters. The van der Waals surface area contributed by atoms with Crippen LogP contribution in [-0.4, -0.2) is 63.1 Å². The number of amides is 1. The van der Waals surface area contributed by atoms with E-state index < -0.39 is 0 Å². The number of nitrogens with two attached hydrogens (primary N) is 1. The lowest BCUT2D eigenvalue weighted by molar-refractivity contribution is -0.136. The predicted molar refractivity (Wildman–Crippen MR) is 94.2 cm³/mol. The molecule has 8 nitrogen and oxygen atoms in total. The van der Waals surface area contributed by atoms with Gasteiger partial charge in [0.25, 0.3) is 5.78 Å². The molecule has 8 heteroatoms. The third-order valence-corrected chi connectivity index (χ3v) is 5.56. The standard InChI is InChI=1S/C17H25N7O/c1-12-9-15(24-17(21-12)19-11-20-24)22-5-7-23(8-6-22)16(25)14-4-2-3-13(14)10-18/h9,11,13-14H,2-8,10,18H2,1H3/t13-,14-/m1/s1. The summed E-state index contributed by atoms with van der Waals surface area (Å²) in [6, 6.07) is 2.03. The van der Waals surface area contributed by atoms with E-state index >= 15 is 0 Å². The average Bonchev–Trinajstić information content (AvgIpc) is 3.29. The van der Waals surface area contributed by atoms with Gasteiger partial charge in [-0.05, 0) is 32.2 Å². The van der Waals surface area contributed by atoms with Crippen molar-refractivity contribution in [2.75, 3.05) is 37.6 Å². The number of nitrogens with zero attached hydrogens (tertiary/aromatic N) is 6. The summed E-state index contributed by atoms with van der Waals surface area (Å²) in [5, 5.41) is 4.28. The highest BCUT2D eigenvalue weighted by Crippen LogP contribution is 2.32. The number of rotatable bonds is 3. The van der Waals surface area contributed by atoms with Crippen LogP contribution in [0, 0.1) is 18.8 Å². The lowest BCUT2D eigenvalue weighted by Crippen LogP contribution is -2.51. The van der Waals surface area contributed by atoms with Gasteiger partial charge in [-0.15, -0.1) is 0 Å². The number of hydrogen-bond donors (Lipinski definition) is 1. The monoisotopic (exact) mass is 343 g/mol. The fraction of sp³-hybridized carbons (Fsp3) is 0.647. The summed E-state index contributed by atoms with van der Waals surface area (Å²) in [5.41, 5.74) is 6.77. The first-order valence-electron chi connectivity index (χ1n) is 9.08. The molecule has 0 bridgehead atoms. The van der Waals surface area contributed by atoms with Gasteiger partial charge in [0.15, 0.2) is 0 Å². The first-order chi connectivity index (χ1) is 12.2. The van der Waals surface area contributed by atoms with Crippen molar-refractivity contribution in [3.8, 4) is 0 Å². The van der Waals surface area contributed by atoms with Crippen LogP contribution in [0.4, 0.5) is 5.82 Å². The minimum absolute atomic E-state index is 0.127. The minimum atomic E-state index is 0.127. The van der Waals surface area contributed by atoms with Crippen LogP contribution in [0.5, 0.6) is 0 Å². The molecule has 3 heterocycles. The molecule has 0 unspecified atom stereocenters. The first kappa shape index (κ1) is 16.3. The number of fused-ring (bicyclic) bond motifs is 1. The molecule has 2 aromatic rings. The van der Waals surface area contributed by atoms with Crippen molar-refractivity contribution in [1.82, 2.24) is 24.5 Å². The van der Waals surface area contributed by atoms with Crippen molar-refractivity contribution in [2.24, 2.45) is 17.6 Å². The molecule has 2 aromatic heterocycles.